The van der Waals surface area contributed by atoms with Gasteiger partial charge >= 0.3 is 0 Å². The number of thiazole rings is 1. The van der Waals surface area contributed by atoms with E-state index >= 15 is 0 Å². The van der Waals surface area contributed by atoms with Gasteiger partial charge in [-0.25, -0.2) is 4.98 Å². The molecular formula is C10H19N3OS. The Morgan fingerprint density at radius 2 is 2.47 bits per heavy atom. The number of hydrogen-bond acceptors (Lipinski definition) is 5. The summed E-state index contributed by atoms with van der Waals surface area (Å²) in [5.74, 6) is 0. The van der Waals surface area contributed by atoms with Crippen LogP contribution in [-0.4, -0.2) is 37.8 Å². The molecule has 1 aromatic heterocycles. The Bertz CT molecular complexity index is 237. The smallest absolute Gasteiger partial charge is 0.0794 e. The summed E-state index contributed by atoms with van der Waals surface area (Å²) in [5, 5.41) is 5.43. The van der Waals surface area contributed by atoms with E-state index in [-0.39, 0.29) is 6.10 Å². The van der Waals surface area contributed by atoms with Gasteiger partial charge in [-0.2, -0.15) is 0 Å². The van der Waals surface area contributed by atoms with Crippen LogP contribution in [0.1, 0.15) is 12.1 Å². The molecule has 0 saturated carbocycles. The second-order valence-corrected chi connectivity index (χ2v) is 4.08. The van der Waals surface area contributed by atoms with Gasteiger partial charge in [0, 0.05) is 32.0 Å². The Balaban J connectivity index is 1.97. The van der Waals surface area contributed by atoms with Crippen molar-refractivity contribution in [1.29, 1.82) is 0 Å². The molecule has 5 heteroatoms. The fourth-order valence-corrected chi connectivity index (χ4v) is 1.89. The maximum atomic E-state index is 5.51. The molecule has 0 aromatic carbocycles. The highest BCUT2D eigenvalue weighted by molar-refractivity contribution is 7.07. The number of methoxy groups -OCH3 is 1. The van der Waals surface area contributed by atoms with E-state index in [4.69, 9.17) is 10.5 Å². The van der Waals surface area contributed by atoms with Gasteiger partial charge in [0.2, 0.25) is 0 Å². The van der Waals surface area contributed by atoms with E-state index in [1.165, 1.54) is 0 Å². The van der Waals surface area contributed by atoms with Crippen LogP contribution in [0, 0.1) is 0 Å². The van der Waals surface area contributed by atoms with Crippen LogP contribution in [0.2, 0.25) is 0 Å². The molecule has 86 valence electrons. The van der Waals surface area contributed by atoms with Crippen LogP contribution in [-0.2, 0) is 11.2 Å². The fourth-order valence-electron chi connectivity index (χ4n) is 1.30. The van der Waals surface area contributed by atoms with E-state index < -0.39 is 0 Å². The standard InChI is InChI=1S/C10H19N3OS/c1-14-10(6-11)3-5-12-4-2-9-7-15-8-13-9/h7-8,10,12H,2-6,11H2,1H3. The maximum Gasteiger partial charge on any atom is 0.0794 e. The Labute approximate surface area is 94.8 Å². The molecule has 0 aliphatic heterocycles. The van der Waals surface area contributed by atoms with Gasteiger partial charge in [0.05, 0.1) is 17.3 Å². The van der Waals surface area contributed by atoms with Gasteiger partial charge in [0.15, 0.2) is 0 Å². The van der Waals surface area contributed by atoms with Crippen molar-refractivity contribution in [2.45, 2.75) is 18.9 Å². The molecule has 0 bridgehead atoms. The van der Waals surface area contributed by atoms with E-state index in [1.807, 2.05) is 5.51 Å². The Hall–Kier alpha value is -0.490. The monoisotopic (exact) mass is 229 g/mol. The molecule has 0 aliphatic carbocycles. The summed E-state index contributed by atoms with van der Waals surface area (Å²) >= 11 is 1.64. The quantitative estimate of drug-likeness (QED) is 0.642. The minimum Gasteiger partial charge on any atom is -0.380 e. The van der Waals surface area contributed by atoms with Gasteiger partial charge in [0.25, 0.3) is 0 Å². The predicted molar refractivity (Wildman–Crippen MR) is 63.2 cm³/mol. The van der Waals surface area contributed by atoms with Crippen molar-refractivity contribution < 1.29 is 4.74 Å². The number of nitrogens with one attached hydrogen (secondary N) is 1. The molecule has 0 radical (unpaired) electrons. The number of nitrogens with two attached hydrogens (primary N) is 1. The Morgan fingerprint density at radius 3 is 3.07 bits per heavy atom. The topological polar surface area (TPSA) is 60.2 Å². The van der Waals surface area contributed by atoms with E-state index in [2.05, 4.69) is 15.7 Å². The molecule has 4 nitrogen and oxygen atoms in total. The second kappa shape index (κ2) is 7.76. The zero-order valence-electron chi connectivity index (χ0n) is 9.11. The molecule has 15 heavy (non-hydrogen) atoms. The van der Waals surface area contributed by atoms with Gasteiger partial charge in [-0.1, -0.05) is 0 Å². The molecule has 3 N–H and O–H groups in total. The molecule has 0 aliphatic rings. The number of rotatable bonds is 8. The van der Waals surface area contributed by atoms with E-state index in [9.17, 15) is 0 Å². The fraction of sp³-hybridized carbons (Fsp3) is 0.700. The Kier molecular flexibility index (Phi) is 6.50. The minimum atomic E-state index is 0.178. The number of hydrogen-bond donors (Lipinski definition) is 2. The van der Waals surface area contributed by atoms with E-state index in [0.29, 0.717) is 6.54 Å². The minimum absolute atomic E-state index is 0.178. The second-order valence-electron chi connectivity index (χ2n) is 3.36. The molecule has 1 aromatic rings. The summed E-state index contributed by atoms with van der Waals surface area (Å²) in [5.41, 5.74) is 8.54. The van der Waals surface area contributed by atoms with Crippen molar-refractivity contribution in [1.82, 2.24) is 10.3 Å². The van der Waals surface area contributed by atoms with Crippen LogP contribution in [0.4, 0.5) is 0 Å². The number of nitrogens with zero attached hydrogens (tertiary/aromatic N) is 1. The summed E-state index contributed by atoms with van der Waals surface area (Å²) in [6.07, 6.45) is 2.13. The van der Waals surface area contributed by atoms with Gasteiger partial charge in [-0.15, -0.1) is 11.3 Å². The molecule has 0 fully saturated rings. The third-order valence-electron chi connectivity index (χ3n) is 2.28. The van der Waals surface area contributed by atoms with Crippen LogP contribution in [0.25, 0.3) is 0 Å². The zero-order valence-corrected chi connectivity index (χ0v) is 9.93. The lowest BCUT2D eigenvalue weighted by atomic mass is 10.2. The first-order valence-electron chi connectivity index (χ1n) is 5.17. The van der Waals surface area contributed by atoms with Crippen molar-refractivity contribution in [2.75, 3.05) is 26.7 Å². The first kappa shape index (κ1) is 12.6. The lowest BCUT2D eigenvalue weighted by Gasteiger charge is -2.12. The highest BCUT2D eigenvalue weighted by atomic mass is 32.1. The first-order chi connectivity index (χ1) is 7.36. The average molecular weight is 229 g/mol. The van der Waals surface area contributed by atoms with Crippen LogP contribution >= 0.6 is 11.3 Å². The van der Waals surface area contributed by atoms with Gasteiger partial charge < -0.3 is 15.8 Å². The molecule has 1 rings (SSSR count). The highest BCUT2D eigenvalue weighted by Crippen LogP contribution is 2.00. The normalized spacial score (nSPS) is 12.9. The van der Waals surface area contributed by atoms with Gasteiger partial charge in [-0.05, 0) is 13.0 Å². The van der Waals surface area contributed by atoms with Crippen molar-refractivity contribution in [3.63, 3.8) is 0 Å². The summed E-state index contributed by atoms with van der Waals surface area (Å²) in [6, 6.07) is 0. The number of ether oxygens (including phenoxy) is 1. The predicted octanol–water partition coefficient (Wildman–Crippen LogP) is 0.639. The van der Waals surface area contributed by atoms with Gasteiger partial charge in [0.1, 0.15) is 0 Å². The summed E-state index contributed by atoms with van der Waals surface area (Å²) in [7, 11) is 1.70. The molecule has 0 saturated heterocycles. The average Bonchev–Trinajstić information content (AvgIpc) is 2.76. The SMILES string of the molecule is COC(CN)CCNCCc1cscn1. The molecule has 0 spiro atoms. The largest absolute Gasteiger partial charge is 0.380 e. The molecule has 1 unspecified atom stereocenters. The van der Waals surface area contributed by atoms with Crippen molar-refractivity contribution in [2.24, 2.45) is 5.73 Å². The van der Waals surface area contributed by atoms with E-state index in [0.717, 1.165) is 31.6 Å². The van der Waals surface area contributed by atoms with Gasteiger partial charge in [-0.3, -0.25) is 0 Å². The summed E-state index contributed by atoms with van der Waals surface area (Å²) in [4.78, 5) is 4.22. The third-order valence-corrected chi connectivity index (χ3v) is 2.92. The maximum absolute atomic E-state index is 5.51. The lowest BCUT2D eigenvalue weighted by Crippen LogP contribution is -2.28. The van der Waals surface area contributed by atoms with Crippen molar-refractivity contribution >= 4 is 11.3 Å². The molecular weight excluding hydrogens is 210 g/mol. The highest BCUT2D eigenvalue weighted by Gasteiger charge is 2.03. The van der Waals surface area contributed by atoms with Crippen LogP contribution in [0.3, 0.4) is 0 Å². The van der Waals surface area contributed by atoms with Crippen LogP contribution in [0.5, 0.6) is 0 Å². The van der Waals surface area contributed by atoms with E-state index in [1.54, 1.807) is 18.4 Å². The molecule has 0 amide bonds. The first-order valence-corrected chi connectivity index (χ1v) is 6.11. The lowest BCUT2D eigenvalue weighted by molar-refractivity contribution is 0.102. The zero-order chi connectivity index (χ0) is 10.9. The van der Waals surface area contributed by atoms with Crippen molar-refractivity contribution in [3.05, 3.63) is 16.6 Å². The third kappa shape index (κ3) is 5.22. The van der Waals surface area contributed by atoms with Crippen LogP contribution < -0.4 is 11.1 Å². The number of aromatic nitrogens is 1. The summed E-state index contributed by atoms with van der Waals surface area (Å²) in [6.45, 7) is 2.49. The molecule has 1 atom stereocenters. The summed E-state index contributed by atoms with van der Waals surface area (Å²) < 4.78 is 5.18. The molecule has 1 heterocycles. The Morgan fingerprint density at radius 1 is 1.60 bits per heavy atom. The van der Waals surface area contributed by atoms with Crippen LogP contribution in [0.15, 0.2) is 10.9 Å². The van der Waals surface area contributed by atoms with Crippen molar-refractivity contribution in [3.8, 4) is 0 Å².